The molecule has 2 aromatic carbocycles. The fourth-order valence-electron chi connectivity index (χ4n) is 5.04. The molecule has 1 fully saturated rings. The zero-order chi connectivity index (χ0) is 23.6. The molecule has 2 amide bonds. The van der Waals surface area contributed by atoms with Gasteiger partial charge >= 0.3 is 6.03 Å². The number of piperidine rings is 1. The highest BCUT2D eigenvalue weighted by atomic mass is 19.1. The summed E-state index contributed by atoms with van der Waals surface area (Å²) in [5, 5.41) is 12.6. The van der Waals surface area contributed by atoms with Gasteiger partial charge in [0, 0.05) is 38.2 Å². The smallest absolute Gasteiger partial charge is 0.319 e. The van der Waals surface area contributed by atoms with Crippen LogP contribution in [-0.4, -0.2) is 60.4 Å². The highest BCUT2D eigenvalue weighted by Gasteiger charge is 2.50. The summed E-state index contributed by atoms with van der Waals surface area (Å²) in [7, 11) is 1.74. The van der Waals surface area contributed by atoms with Crippen molar-refractivity contribution in [1.29, 1.82) is 0 Å². The van der Waals surface area contributed by atoms with Crippen molar-refractivity contribution in [1.82, 2.24) is 15.1 Å². The molecule has 2 N–H and O–H groups in total. The molecular formula is C25H28F3N3O2. The number of aliphatic hydroxyl groups is 1. The van der Waals surface area contributed by atoms with E-state index in [1.165, 1.54) is 4.90 Å². The van der Waals surface area contributed by atoms with Crippen LogP contribution in [0.1, 0.15) is 24.0 Å². The summed E-state index contributed by atoms with van der Waals surface area (Å²) in [6.45, 7) is 0.423. The molecule has 0 radical (unpaired) electrons. The SMILES string of the molecule is CN1CCC(NC(=O)N2CC=CC2(CCO)c2ccccc2)(c2cc(F)ccc2F)C(F)C1. The Hall–Kier alpha value is -2.84. The summed E-state index contributed by atoms with van der Waals surface area (Å²) >= 11 is 0. The van der Waals surface area contributed by atoms with Crippen molar-refractivity contribution in [2.24, 2.45) is 0 Å². The maximum atomic E-state index is 15.6. The molecular weight excluding hydrogens is 431 g/mol. The van der Waals surface area contributed by atoms with E-state index in [4.69, 9.17) is 0 Å². The van der Waals surface area contributed by atoms with Gasteiger partial charge in [0.05, 0.1) is 5.54 Å². The van der Waals surface area contributed by atoms with E-state index in [1.807, 2.05) is 42.5 Å². The number of halogens is 3. The number of carbonyl (C=O) groups is 1. The van der Waals surface area contributed by atoms with Crippen LogP contribution in [0, 0.1) is 11.6 Å². The number of benzene rings is 2. The standard InChI is InChI=1S/C25H28F3N3O2/c1-30-14-11-25(22(28)17-30,20-16-19(26)8-9-21(20)27)29-23(33)31-13-5-10-24(31,12-15-32)18-6-3-2-4-7-18/h2-10,16,22,32H,11-15,17H2,1H3,(H,29,33). The number of urea groups is 1. The summed E-state index contributed by atoms with van der Waals surface area (Å²) in [4.78, 5) is 16.9. The first-order valence-electron chi connectivity index (χ1n) is 11.0. The minimum Gasteiger partial charge on any atom is -0.396 e. The Morgan fingerprint density at radius 2 is 1.97 bits per heavy atom. The monoisotopic (exact) mass is 459 g/mol. The quantitative estimate of drug-likeness (QED) is 0.671. The molecule has 1 saturated heterocycles. The highest BCUT2D eigenvalue weighted by Crippen LogP contribution is 2.40. The lowest BCUT2D eigenvalue weighted by atomic mass is 9.79. The molecule has 2 heterocycles. The fourth-order valence-corrected chi connectivity index (χ4v) is 5.04. The molecule has 2 aromatic rings. The Labute approximate surface area is 191 Å². The van der Waals surface area contributed by atoms with Crippen molar-refractivity contribution >= 4 is 6.03 Å². The molecule has 0 aliphatic carbocycles. The van der Waals surface area contributed by atoms with Gasteiger partial charge in [-0.2, -0.15) is 0 Å². The van der Waals surface area contributed by atoms with E-state index in [1.54, 1.807) is 11.9 Å². The summed E-state index contributed by atoms with van der Waals surface area (Å²) in [6, 6.07) is 11.6. The molecule has 33 heavy (non-hydrogen) atoms. The summed E-state index contributed by atoms with van der Waals surface area (Å²) in [5.41, 5.74) is -2.05. The first kappa shape index (κ1) is 23.3. The molecule has 3 unspecified atom stereocenters. The van der Waals surface area contributed by atoms with Crippen molar-refractivity contribution in [3.8, 4) is 0 Å². The first-order valence-corrected chi connectivity index (χ1v) is 11.0. The van der Waals surface area contributed by atoms with Gasteiger partial charge in [-0.3, -0.25) is 0 Å². The molecule has 176 valence electrons. The Kier molecular flexibility index (Phi) is 6.50. The maximum Gasteiger partial charge on any atom is 0.319 e. The van der Waals surface area contributed by atoms with E-state index in [0.29, 0.717) is 6.54 Å². The molecule has 2 aliphatic rings. The number of nitrogens with one attached hydrogen (secondary N) is 1. The van der Waals surface area contributed by atoms with Crippen LogP contribution in [-0.2, 0) is 11.1 Å². The number of carbonyl (C=O) groups excluding carboxylic acids is 1. The Morgan fingerprint density at radius 3 is 2.67 bits per heavy atom. The van der Waals surface area contributed by atoms with E-state index in [2.05, 4.69) is 5.32 Å². The third-order valence-electron chi connectivity index (χ3n) is 6.81. The van der Waals surface area contributed by atoms with Crippen LogP contribution >= 0.6 is 0 Å². The lowest BCUT2D eigenvalue weighted by molar-refractivity contribution is 0.0443. The molecule has 3 atom stereocenters. The van der Waals surface area contributed by atoms with Crippen molar-refractivity contribution < 1.29 is 23.1 Å². The van der Waals surface area contributed by atoms with Gasteiger partial charge in [-0.05, 0) is 37.2 Å². The third-order valence-corrected chi connectivity index (χ3v) is 6.81. The van der Waals surface area contributed by atoms with Crippen LogP contribution in [0.25, 0.3) is 0 Å². The van der Waals surface area contributed by atoms with Gasteiger partial charge in [0.2, 0.25) is 0 Å². The van der Waals surface area contributed by atoms with Gasteiger partial charge in [-0.15, -0.1) is 0 Å². The Bertz CT molecular complexity index is 1030. The molecule has 8 heteroatoms. The number of likely N-dealkylation sites (tertiary alicyclic amines) is 1. The predicted molar refractivity (Wildman–Crippen MR) is 119 cm³/mol. The van der Waals surface area contributed by atoms with Crippen molar-refractivity contribution in [2.45, 2.75) is 30.1 Å². The second-order valence-corrected chi connectivity index (χ2v) is 8.78. The van der Waals surface area contributed by atoms with Gasteiger partial charge in [0.25, 0.3) is 0 Å². The number of rotatable bonds is 5. The molecule has 0 aromatic heterocycles. The minimum absolute atomic E-state index is 0.0328. The van der Waals surface area contributed by atoms with E-state index in [-0.39, 0.29) is 38.1 Å². The van der Waals surface area contributed by atoms with Crippen LogP contribution in [0.4, 0.5) is 18.0 Å². The zero-order valence-electron chi connectivity index (χ0n) is 18.5. The molecule has 0 spiro atoms. The normalized spacial score (nSPS) is 27.7. The minimum atomic E-state index is -1.72. The average molecular weight is 460 g/mol. The van der Waals surface area contributed by atoms with Crippen molar-refractivity contribution in [3.63, 3.8) is 0 Å². The van der Waals surface area contributed by atoms with Crippen LogP contribution in [0.3, 0.4) is 0 Å². The third kappa shape index (κ3) is 4.13. The molecule has 5 nitrogen and oxygen atoms in total. The number of nitrogens with zero attached hydrogens (tertiary/aromatic N) is 2. The Balaban J connectivity index is 1.74. The van der Waals surface area contributed by atoms with Crippen molar-refractivity contribution in [2.75, 3.05) is 33.3 Å². The van der Waals surface area contributed by atoms with E-state index >= 15 is 4.39 Å². The van der Waals surface area contributed by atoms with E-state index < -0.39 is 34.9 Å². The number of alkyl halides is 1. The molecule has 4 rings (SSSR count). The van der Waals surface area contributed by atoms with Crippen LogP contribution in [0.15, 0.2) is 60.7 Å². The Morgan fingerprint density at radius 1 is 1.21 bits per heavy atom. The van der Waals surface area contributed by atoms with Crippen LogP contribution < -0.4 is 5.32 Å². The van der Waals surface area contributed by atoms with E-state index in [0.717, 1.165) is 23.8 Å². The van der Waals surface area contributed by atoms with Crippen LogP contribution in [0.2, 0.25) is 0 Å². The topological polar surface area (TPSA) is 55.8 Å². The first-order chi connectivity index (χ1) is 15.8. The number of amides is 2. The lowest BCUT2D eigenvalue weighted by Crippen LogP contribution is -2.63. The largest absolute Gasteiger partial charge is 0.396 e. The van der Waals surface area contributed by atoms with Gasteiger partial charge < -0.3 is 20.2 Å². The summed E-state index contributed by atoms with van der Waals surface area (Å²) in [6.07, 6.45) is 2.34. The highest BCUT2D eigenvalue weighted by molar-refractivity contribution is 5.78. The van der Waals surface area contributed by atoms with Gasteiger partial charge in [0.15, 0.2) is 0 Å². The van der Waals surface area contributed by atoms with Gasteiger partial charge in [-0.25, -0.2) is 18.0 Å². The summed E-state index contributed by atoms with van der Waals surface area (Å²) < 4.78 is 44.6. The summed E-state index contributed by atoms with van der Waals surface area (Å²) in [5.74, 6) is -1.47. The van der Waals surface area contributed by atoms with Gasteiger partial charge in [0.1, 0.15) is 23.3 Å². The average Bonchev–Trinajstić information content (AvgIpc) is 3.23. The second-order valence-electron chi connectivity index (χ2n) is 8.78. The lowest BCUT2D eigenvalue weighted by Gasteiger charge is -2.46. The maximum absolute atomic E-state index is 15.6. The second kappa shape index (κ2) is 9.19. The number of hydrogen-bond donors (Lipinski definition) is 2. The predicted octanol–water partition coefficient (Wildman–Crippen LogP) is 3.69. The van der Waals surface area contributed by atoms with Crippen molar-refractivity contribution in [3.05, 3.63) is 83.4 Å². The van der Waals surface area contributed by atoms with E-state index in [9.17, 15) is 18.7 Å². The van der Waals surface area contributed by atoms with Gasteiger partial charge in [-0.1, -0.05) is 42.5 Å². The zero-order valence-corrected chi connectivity index (χ0v) is 18.5. The fraction of sp³-hybridized carbons (Fsp3) is 0.400. The van der Waals surface area contributed by atoms with Crippen LogP contribution in [0.5, 0.6) is 0 Å². The molecule has 0 bridgehead atoms. The molecule has 0 saturated carbocycles. The number of hydrogen-bond acceptors (Lipinski definition) is 3. The molecule has 2 aliphatic heterocycles. The number of aliphatic hydroxyl groups excluding tert-OH is 1.